The second-order valence-corrected chi connectivity index (χ2v) is 15.5. The molecule has 0 aliphatic heterocycles. The van der Waals surface area contributed by atoms with Crippen LogP contribution in [0.5, 0.6) is 5.75 Å². The summed E-state index contributed by atoms with van der Waals surface area (Å²) in [6, 6.07) is 51.9. The number of pyridine rings is 1. The van der Waals surface area contributed by atoms with Crippen molar-refractivity contribution in [3.05, 3.63) is 168 Å². The summed E-state index contributed by atoms with van der Waals surface area (Å²) in [5.74, 6) is 0.851. The average Bonchev–Trinajstić information content (AvgIpc) is 3.67. The van der Waals surface area contributed by atoms with E-state index in [0.29, 0.717) is 11.4 Å². The monoisotopic (exact) mass is 881 g/mol. The van der Waals surface area contributed by atoms with Gasteiger partial charge in [-0.15, -0.1) is 29.8 Å². The molecule has 0 amide bonds. The van der Waals surface area contributed by atoms with E-state index in [4.69, 9.17) is 9.97 Å². The van der Waals surface area contributed by atoms with Crippen LogP contribution in [0, 0.1) is 6.07 Å². The first-order valence-corrected chi connectivity index (χ1v) is 18.2. The zero-order chi connectivity index (χ0) is 36.5. The molecular weight excluding hydrogens is 842 g/mol. The predicted octanol–water partition coefficient (Wildman–Crippen LogP) is 12.2. The summed E-state index contributed by atoms with van der Waals surface area (Å²) < 4.78 is 2.21. The fraction of sp³-hybridized carbons (Fsp3) is 0.143. The van der Waals surface area contributed by atoms with Crippen LogP contribution in [0.15, 0.2) is 146 Å². The van der Waals surface area contributed by atoms with E-state index in [-0.39, 0.29) is 37.6 Å². The Kier molecular flexibility index (Phi) is 8.78. The van der Waals surface area contributed by atoms with Crippen molar-refractivity contribution in [1.82, 2.24) is 14.5 Å². The maximum Gasteiger partial charge on any atom is 0.148 e. The van der Waals surface area contributed by atoms with Gasteiger partial charge in [0, 0.05) is 43.9 Å². The molecular formula is C49H40N3OPt-. The Balaban J connectivity index is 0.00000413. The number of aromatic hydroxyl groups is 1. The van der Waals surface area contributed by atoms with E-state index in [9.17, 15) is 5.11 Å². The molecule has 1 aliphatic rings. The van der Waals surface area contributed by atoms with Gasteiger partial charge in [-0.3, -0.25) is 9.55 Å². The van der Waals surface area contributed by atoms with Crippen molar-refractivity contribution in [2.45, 2.75) is 45.4 Å². The Hall–Kier alpha value is -5.57. The molecule has 0 spiro atoms. The number of phenols is 1. The minimum absolute atomic E-state index is 0. The van der Waals surface area contributed by atoms with Crippen LogP contribution in [0.25, 0.3) is 72.7 Å². The van der Waals surface area contributed by atoms with E-state index in [0.717, 1.165) is 50.2 Å². The third kappa shape index (κ3) is 5.72. The summed E-state index contributed by atoms with van der Waals surface area (Å²) in [5.41, 5.74) is 15.5. The van der Waals surface area contributed by atoms with Crippen molar-refractivity contribution in [3.8, 4) is 67.5 Å². The molecule has 0 atom stereocenters. The van der Waals surface area contributed by atoms with Crippen molar-refractivity contribution in [2.75, 3.05) is 0 Å². The van der Waals surface area contributed by atoms with Gasteiger partial charge < -0.3 is 5.11 Å². The quantitative estimate of drug-likeness (QED) is 0.175. The number of phenolic OH excluding ortho intramolecular Hbond substituents is 1. The van der Waals surface area contributed by atoms with E-state index in [1.165, 1.54) is 27.8 Å². The van der Waals surface area contributed by atoms with Gasteiger partial charge in [-0.25, -0.2) is 4.98 Å². The number of para-hydroxylation sites is 2. The molecule has 1 N–H and O–H groups in total. The van der Waals surface area contributed by atoms with Gasteiger partial charge in [-0.2, -0.15) is 0 Å². The van der Waals surface area contributed by atoms with Gasteiger partial charge in [-0.1, -0.05) is 131 Å². The molecule has 0 bridgehead atoms. The first-order valence-electron chi connectivity index (χ1n) is 18.2. The summed E-state index contributed by atoms with van der Waals surface area (Å²) >= 11 is 0. The summed E-state index contributed by atoms with van der Waals surface area (Å²) in [6.07, 6.45) is 1.92. The molecule has 6 aromatic carbocycles. The number of nitrogens with zero attached hydrogens (tertiary/aromatic N) is 3. The maximum atomic E-state index is 11.3. The van der Waals surface area contributed by atoms with Gasteiger partial charge in [0.15, 0.2) is 0 Å². The molecule has 0 saturated carbocycles. The zero-order valence-electron chi connectivity index (χ0n) is 31.0. The van der Waals surface area contributed by atoms with E-state index in [1.54, 1.807) is 6.07 Å². The smallest absolute Gasteiger partial charge is 0.148 e. The number of hydrogen-bond donors (Lipinski definition) is 1. The van der Waals surface area contributed by atoms with Gasteiger partial charge in [0.1, 0.15) is 11.6 Å². The standard InChI is InChI=1S/C49H40N3O.Pt/c1-48(2,3)34-25-26-41(39(30-34)31-15-7-6-8-16-31)52-42-23-14-21-35(46(42)51-47(52)38-20-10-12-24-43(38)53)32-17-13-18-33(29-32)45-44-37(27-28-50-45)36-19-9-11-22-40(36)49(44,4)5;/h6-28,30,53H,1-5H3;/q-1;. The van der Waals surface area contributed by atoms with Crippen LogP contribution < -0.4 is 0 Å². The molecule has 0 saturated heterocycles. The Bertz CT molecular complexity index is 2700. The summed E-state index contributed by atoms with van der Waals surface area (Å²) in [4.78, 5) is 10.4. The molecule has 5 heteroatoms. The average molecular weight is 882 g/mol. The Morgan fingerprint density at radius 1 is 0.648 bits per heavy atom. The Morgan fingerprint density at radius 3 is 2.11 bits per heavy atom. The first kappa shape index (κ1) is 35.5. The topological polar surface area (TPSA) is 50.9 Å². The van der Waals surface area contributed by atoms with Gasteiger partial charge in [0.25, 0.3) is 0 Å². The van der Waals surface area contributed by atoms with Crippen LogP contribution in [0.4, 0.5) is 0 Å². The van der Waals surface area contributed by atoms with Crippen LogP contribution in [-0.4, -0.2) is 19.6 Å². The largest absolute Gasteiger partial charge is 0.507 e. The number of rotatable bonds is 5. The van der Waals surface area contributed by atoms with Crippen molar-refractivity contribution in [2.24, 2.45) is 0 Å². The van der Waals surface area contributed by atoms with Crippen LogP contribution in [0.2, 0.25) is 0 Å². The second kappa shape index (κ2) is 13.4. The molecule has 4 nitrogen and oxygen atoms in total. The molecule has 268 valence electrons. The predicted molar refractivity (Wildman–Crippen MR) is 217 cm³/mol. The fourth-order valence-electron chi connectivity index (χ4n) is 8.14. The molecule has 8 aromatic rings. The maximum absolute atomic E-state index is 11.3. The van der Waals surface area contributed by atoms with Gasteiger partial charge in [0.05, 0.1) is 22.3 Å². The van der Waals surface area contributed by atoms with Crippen LogP contribution in [0.1, 0.15) is 51.3 Å². The molecule has 2 heterocycles. The molecule has 9 rings (SSSR count). The zero-order valence-corrected chi connectivity index (χ0v) is 33.2. The van der Waals surface area contributed by atoms with Gasteiger partial charge in [-0.05, 0) is 75.2 Å². The van der Waals surface area contributed by atoms with Crippen molar-refractivity contribution in [3.63, 3.8) is 0 Å². The van der Waals surface area contributed by atoms with Crippen LogP contribution in [0.3, 0.4) is 0 Å². The number of imidazole rings is 1. The van der Waals surface area contributed by atoms with E-state index in [2.05, 4.69) is 154 Å². The Morgan fingerprint density at radius 2 is 1.33 bits per heavy atom. The van der Waals surface area contributed by atoms with Crippen molar-refractivity contribution < 1.29 is 26.2 Å². The number of fused-ring (bicyclic) bond motifs is 4. The van der Waals surface area contributed by atoms with E-state index in [1.807, 2.05) is 30.5 Å². The van der Waals surface area contributed by atoms with Crippen LogP contribution in [-0.2, 0) is 31.9 Å². The SMILES string of the molecule is CC(C)(C)c1ccc(-n2c(-c3ccccc3O)nc3c(-c4[c-]c(-c5nccc6c5C(C)(C)c5ccccc5-6)ccc4)cccc32)c(-c2ccccc2)c1.[Pt]. The van der Waals surface area contributed by atoms with E-state index < -0.39 is 0 Å². The molecule has 1 aliphatic carbocycles. The number of hydrogen-bond acceptors (Lipinski definition) is 3. The van der Waals surface area contributed by atoms with E-state index >= 15 is 0 Å². The van der Waals surface area contributed by atoms with Crippen molar-refractivity contribution in [1.29, 1.82) is 0 Å². The molecule has 0 radical (unpaired) electrons. The van der Waals surface area contributed by atoms with Gasteiger partial charge in [0.2, 0.25) is 0 Å². The van der Waals surface area contributed by atoms with Crippen LogP contribution >= 0.6 is 0 Å². The summed E-state index contributed by atoms with van der Waals surface area (Å²) in [5, 5.41) is 11.3. The molecule has 0 unspecified atom stereocenters. The number of benzene rings is 6. The summed E-state index contributed by atoms with van der Waals surface area (Å²) in [6.45, 7) is 11.3. The fourth-order valence-corrected chi connectivity index (χ4v) is 8.14. The minimum Gasteiger partial charge on any atom is -0.507 e. The van der Waals surface area contributed by atoms with Crippen molar-refractivity contribution >= 4 is 11.0 Å². The summed E-state index contributed by atoms with van der Waals surface area (Å²) in [7, 11) is 0. The third-order valence-corrected chi connectivity index (χ3v) is 10.8. The normalized spacial score (nSPS) is 13.0. The second-order valence-electron chi connectivity index (χ2n) is 15.5. The molecule has 0 fully saturated rings. The molecule has 2 aromatic heterocycles. The number of aromatic nitrogens is 3. The first-order chi connectivity index (χ1) is 25.6. The van der Waals surface area contributed by atoms with Gasteiger partial charge >= 0.3 is 0 Å². The molecule has 54 heavy (non-hydrogen) atoms. The third-order valence-electron chi connectivity index (χ3n) is 10.8. The Labute approximate surface area is 331 Å². The minimum atomic E-state index is -0.205.